The zero-order valence-electron chi connectivity index (χ0n) is 7.97. The maximum Gasteiger partial charge on any atom is 0.238 e. The molecule has 1 rings (SSSR count). The van der Waals surface area contributed by atoms with Crippen molar-refractivity contribution in [1.29, 1.82) is 5.26 Å². The van der Waals surface area contributed by atoms with Crippen LogP contribution in [0.1, 0.15) is 12.0 Å². The number of hydrogen-bond donors (Lipinski definition) is 1. The van der Waals surface area contributed by atoms with Gasteiger partial charge in [0.25, 0.3) is 0 Å². The molecule has 78 valence electrons. The molecule has 0 aliphatic rings. The van der Waals surface area contributed by atoms with Gasteiger partial charge in [-0.25, -0.2) is 0 Å². The van der Waals surface area contributed by atoms with Crippen molar-refractivity contribution >= 4 is 34.8 Å². The Balaban J connectivity index is 2.96. The Kier molecular flexibility index (Phi) is 3.96. The first kappa shape index (κ1) is 11.8. The van der Waals surface area contributed by atoms with E-state index in [0.717, 1.165) is 5.56 Å². The lowest BCUT2D eigenvalue weighted by atomic mass is 10.2. The second-order valence-electron chi connectivity index (χ2n) is 2.96. The molecule has 0 saturated carbocycles. The molecular weight excluding hydrogens is 235 g/mol. The predicted molar refractivity (Wildman–Crippen MR) is 60.1 cm³/mol. The standard InChI is InChI=1S/C10H8Cl2N2O/c1-6-4-7(11)5-8(12)10(6)14-9(15)2-3-13/h4-5H,2H2,1H3,(H,14,15). The molecule has 0 heterocycles. The zero-order valence-corrected chi connectivity index (χ0v) is 9.49. The smallest absolute Gasteiger partial charge is 0.238 e. The second-order valence-corrected chi connectivity index (χ2v) is 3.81. The summed E-state index contributed by atoms with van der Waals surface area (Å²) in [4.78, 5) is 11.2. The van der Waals surface area contributed by atoms with Crippen LogP contribution in [0, 0.1) is 18.3 Å². The SMILES string of the molecule is Cc1cc(Cl)cc(Cl)c1NC(=O)CC#N. The van der Waals surface area contributed by atoms with Crippen LogP contribution in [0.4, 0.5) is 5.69 Å². The second kappa shape index (κ2) is 5.01. The monoisotopic (exact) mass is 242 g/mol. The quantitative estimate of drug-likeness (QED) is 0.867. The van der Waals surface area contributed by atoms with E-state index in [-0.39, 0.29) is 12.3 Å². The molecule has 0 spiro atoms. The van der Waals surface area contributed by atoms with Crippen LogP contribution in [0.3, 0.4) is 0 Å². The summed E-state index contributed by atoms with van der Waals surface area (Å²) in [6, 6.07) is 4.99. The number of nitrogens with zero attached hydrogens (tertiary/aromatic N) is 1. The van der Waals surface area contributed by atoms with Crippen LogP contribution in [-0.4, -0.2) is 5.91 Å². The van der Waals surface area contributed by atoms with Crippen LogP contribution in [-0.2, 0) is 4.79 Å². The fourth-order valence-corrected chi connectivity index (χ4v) is 1.76. The van der Waals surface area contributed by atoms with Crippen LogP contribution in [0.2, 0.25) is 10.0 Å². The number of carbonyl (C=O) groups excluding carboxylic acids is 1. The fourth-order valence-electron chi connectivity index (χ4n) is 1.12. The van der Waals surface area contributed by atoms with E-state index in [1.165, 1.54) is 6.07 Å². The van der Waals surface area contributed by atoms with Gasteiger partial charge >= 0.3 is 0 Å². The van der Waals surface area contributed by atoms with Gasteiger partial charge in [0.05, 0.1) is 16.8 Å². The molecule has 0 unspecified atom stereocenters. The maximum absolute atomic E-state index is 11.2. The zero-order chi connectivity index (χ0) is 11.4. The van der Waals surface area contributed by atoms with Gasteiger partial charge in [-0.3, -0.25) is 4.79 Å². The molecule has 3 nitrogen and oxygen atoms in total. The first-order chi connectivity index (χ1) is 7.04. The average Bonchev–Trinajstić information content (AvgIpc) is 2.11. The molecule has 0 saturated heterocycles. The molecule has 0 atom stereocenters. The van der Waals surface area contributed by atoms with Gasteiger partial charge in [0.1, 0.15) is 6.42 Å². The lowest BCUT2D eigenvalue weighted by Gasteiger charge is -2.09. The van der Waals surface area contributed by atoms with Gasteiger partial charge in [0.15, 0.2) is 0 Å². The van der Waals surface area contributed by atoms with E-state index < -0.39 is 0 Å². The summed E-state index contributed by atoms with van der Waals surface area (Å²) < 4.78 is 0. The number of rotatable bonds is 2. The first-order valence-electron chi connectivity index (χ1n) is 4.17. The van der Waals surface area contributed by atoms with Crippen LogP contribution < -0.4 is 5.32 Å². The van der Waals surface area contributed by atoms with Gasteiger partial charge < -0.3 is 5.32 Å². The molecule has 0 bridgehead atoms. The van der Waals surface area contributed by atoms with Crippen molar-refractivity contribution in [3.05, 3.63) is 27.7 Å². The molecule has 5 heteroatoms. The van der Waals surface area contributed by atoms with Crippen LogP contribution >= 0.6 is 23.2 Å². The Morgan fingerprint density at radius 2 is 2.20 bits per heavy atom. The van der Waals surface area contributed by atoms with Crippen molar-refractivity contribution in [3.8, 4) is 6.07 Å². The van der Waals surface area contributed by atoms with E-state index in [2.05, 4.69) is 5.32 Å². The number of nitriles is 1. The Bertz CT molecular complexity index is 415. The lowest BCUT2D eigenvalue weighted by molar-refractivity contribution is -0.115. The van der Waals surface area contributed by atoms with Gasteiger partial charge in [0, 0.05) is 5.02 Å². The Labute approximate surface area is 97.6 Å². The molecule has 0 fully saturated rings. The Morgan fingerprint density at radius 3 is 2.73 bits per heavy atom. The van der Waals surface area contributed by atoms with Crippen molar-refractivity contribution < 1.29 is 4.79 Å². The summed E-state index contributed by atoms with van der Waals surface area (Å²) in [7, 11) is 0. The van der Waals surface area contributed by atoms with E-state index in [0.29, 0.717) is 15.7 Å². The summed E-state index contributed by atoms with van der Waals surface area (Å²) >= 11 is 11.7. The van der Waals surface area contributed by atoms with E-state index >= 15 is 0 Å². The van der Waals surface area contributed by atoms with E-state index in [4.69, 9.17) is 28.5 Å². The highest BCUT2D eigenvalue weighted by Crippen LogP contribution is 2.29. The Morgan fingerprint density at radius 1 is 1.53 bits per heavy atom. The molecule has 0 radical (unpaired) electrons. The summed E-state index contributed by atoms with van der Waals surface area (Å²) in [6.45, 7) is 1.78. The van der Waals surface area contributed by atoms with Crippen molar-refractivity contribution in [2.24, 2.45) is 0 Å². The average molecular weight is 243 g/mol. The van der Waals surface area contributed by atoms with E-state index in [9.17, 15) is 4.79 Å². The highest BCUT2D eigenvalue weighted by atomic mass is 35.5. The minimum atomic E-state index is -0.384. The van der Waals surface area contributed by atoms with Crippen LogP contribution in [0.5, 0.6) is 0 Å². The van der Waals surface area contributed by atoms with E-state index in [1.807, 2.05) is 0 Å². The van der Waals surface area contributed by atoms with Crippen LogP contribution in [0.15, 0.2) is 12.1 Å². The molecule has 0 aliphatic carbocycles. The third-order valence-corrected chi connectivity index (χ3v) is 2.27. The normalized spacial score (nSPS) is 9.47. The van der Waals surface area contributed by atoms with Crippen molar-refractivity contribution in [1.82, 2.24) is 0 Å². The number of hydrogen-bond acceptors (Lipinski definition) is 2. The molecule has 1 N–H and O–H groups in total. The van der Waals surface area contributed by atoms with Crippen molar-refractivity contribution in [3.63, 3.8) is 0 Å². The first-order valence-corrected chi connectivity index (χ1v) is 4.92. The number of benzene rings is 1. The van der Waals surface area contributed by atoms with Gasteiger partial charge in [0.2, 0.25) is 5.91 Å². The van der Waals surface area contributed by atoms with Crippen LogP contribution in [0.25, 0.3) is 0 Å². The minimum absolute atomic E-state index is 0.196. The van der Waals surface area contributed by atoms with E-state index in [1.54, 1.807) is 19.1 Å². The minimum Gasteiger partial charge on any atom is -0.324 e. The Hall–Kier alpha value is -1.24. The molecular formula is C10H8Cl2N2O. The summed E-state index contributed by atoms with van der Waals surface area (Å²) in [5.41, 5.74) is 1.26. The summed E-state index contributed by atoms with van der Waals surface area (Å²) in [5.74, 6) is -0.384. The van der Waals surface area contributed by atoms with Crippen molar-refractivity contribution in [2.45, 2.75) is 13.3 Å². The number of carbonyl (C=O) groups is 1. The van der Waals surface area contributed by atoms with Crippen molar-refractivity contribution in [2.75, 3.05) is 5.32 Å². The predicted octanol–water partition coefficient (Wildman–Crippen LogP) is 3.15. The molecule has 1 aromatic rings. The number of anilines is 1. The summed E-state index contributed by atoms with van der Waals surface area (Å²) in [6.07, 6.45) is -0.196. The fraction of sp³-hybridized carbons (Fsp3) is 0.200. The molecule has 1 amide bonds. The molecule has 1 aromatic carbocycles. The van der Waals surface area contributed by atoms with Gasteiger partial charge in [-0.1, -0.05) is 23.2 Å². The van der Waals surface area contributed by atoms with Gasteiger partial charge in [-0.15, -0.1) is 0 Å². The van der Waals surface area contributed by atoms with Gasteiger partial charge in [-0.05, 0) is 24.6 Å². The van der Waals surface area contributed by atoms with Gasteiger partial charge in [-0.2, -0.15) is 5.26 Å². The molecule has 0 aliphatic heterocycles. The number of halogens is 2. The molecule has 0 aromatic heterocycles. The third-order valence-electron chi connectivity index (χ3n) is 1.76. The summed E-state index contributed by atoms with van der Waals surface area (Å²) in [5, 5.41) is 11.8. The highest BCUT2D eigenvalue weighted by Gasteiger charge is 2.09. The number of aryl methyl sites for hydroxylation is 1. The number of amides is 1. The number of nitrogens with one attached hydrogen (secondary N) is 1. The molecule has 15 heavy (non-hydrogen) atoms. The maximum atomic E-state index is 11.2. The largest absolute Gasteiger partial charge is 0.324 e. The lowest BCUT2D eigenvalue weighted by Crippen LogP contribution is -2.11. The highest BCUT2D eigenvalue weighted by molar-refractivity contribution is 6.37. The third kappa shape index (κ3) is 3.12. The topological polar surface area (TPSA) is 52.9 Å².